The highest BCUT2D eigenvalue weighted by Crippen LogP contribution is 2.64. The summed E-state index contributed by atoms with van der Waals surface area (Å²) in [6, 6.07) is 0. The fraction of sp³-hybridized carbons (Fsp3) is 0.889. The van der Waals surface area contributed by atoms with E-state index < -0.39 is 0 Å². The summed E-state index contributed by atoms with van der Waals surface area (Å²) in [6.07, 6.45) is 16.6. The van der Waals surface area contributed by atoms with Gasteiger partial charge in [0.2, 0.25) is 0 Å². The molecule has 0 radical (unpaired) electrons. The van der Waals surface area contributed by atoms with Crippen LogP contribution in [-0.2, 0) is 0 Å². The first-order valence-electron chi connectivity index (χ1n) is 8.20. The topological polar surface area (TPSA) is 0 Å². The maximum atomic E-state index is 2.53. The Morgan fingerprint density at radius 3 is 2.22 bits per heavy atom. The predicted octanol–water partition coefficient (Wildman–Crippen LogP) is 5.98. The number of unbranched alkanes of at least 4 members (excludes halogenated alkanes) is 5. The van der Waals surface area contributed by atoms with E-state index in [-0.39, 0.29) is 0 Å². The van der Waals surface area contributed by atoms with Gasteiger partial charge in [-0.3, -0.25) is 0 Å². The third kappa shape index (κ3) is 2.40. The van der Waals surface area contributed by atoms with E-state index in [0.717, 1.165) is 11.8 Å². The van der Waals surface area contributed by atoms with Crippen LogP contribution in [-0.4, -0.2) is 0 Å². The average Bonchev–Trinajstić information content (AvgIpc) is 2.65. The van der Waals surface area contributed by atoms with Gasteiger partial charge in [0.1, 0.15) is 0 Å². The summed E-state index contributed by atoms with van der Waals surface area (Å²) in [6.45, 7) is 9.74. The van der Waals surface area contributed by atoms with Crippen LogP contribution >= 0.6 is 0 Å². The van der Waals surface area contributed by atoms with E-state index in [2.05, 4.69) is 39.8 Å². The first kappa shape index (κ1) is 14.2. The number of hydrogen-bond acceptors (Lipinski definition) is 0. The van der Waals surface area contributed by atoms with Gasteiger partial charge in [0.05, 0.1) is 0 Å². The molecule has 0 saturated heterocycles. The lowest BCUT2D eigenvalue weighted by Gasteiger charge is -2.33. The summed E-state index contributed by atoms with van der Waals surface area (Å²) in [7, 11) is 0. The Hall–Kier alpha value is -0.260. The maximum absolute atomic E-state index is 2.53. The van der Waals surface area contributed by atoms with E-state index in [0.29, 0.717) is 10.8 Å². The minimum atomic E-state index is 0.491. The second-order valence-corrected chi connectivity index (χ2v) is 7.54. The molecule has 0 aromatic carbocycles. The molecule has 0 amide bonds. The Labute approximate surface area is 114 Å². The number of fused-ring (bicyclic) bond motifs is 2. The van der Waals surface area contributed by atoms with Crippen LogP contribution < -0.4 is 0 Å². The van der Waals surface area contributed by atoms with Gasteiger partial charge in [-0.1, -0.05) is 78.4 Å². The van der Waals surface area contributed by atoms with Crippen LogP contribution in [0.15, 0.2) is 12.2 Å². The molecule has 2 bridgehead atoms. The van der Waals surface area contributed by atoms with Crippen molar-refractivity contribution in [2.24, 2.45) is 22.7 Å². The zero-order chi connectivity index (χ0) is 13.2. The molecule has 0 aliphatic heterocycles. The molecular weight excluding hydrogens is 216 g/mol. The molecular formula is C18H32. The molecule has 2 aliphatic carbocycles. The smallest absolute Gasteiger partial charge is 0.00867 e. The molecule has 2 aliphatic rings. The fourth-order valence-electron chi connectivity index (χ4n) is 4.37. The highest BCUT2D eigenvalue weighted by atomic mass is 14.6. The van der Waals surface area contributed by atoms with Gasteiger partial charge in [-0.25, -0.2) is 0 Å². The predicted molar refractivity (Wildman–Crippen MR) is 80.6 cm³/mol. The summed E-state index contributed by atoms with van der Waals surface area (Å²) >= 11 is 0. The molecule has 0 heterocycles. The maximum Gasteiger partial charge on any atom is -0.00867 e. The molecule has 0 aromatic rings. The summed E-state index contributed by atoms with van der Waals surface area (Å²) in [4.78, 5) is 0. The van der Waals surface area contributed by atoms with Crippen molar-refractivity contribution in [3.8, 4) is 0 Å². The molecule has 0 N–H and O–H groups in total. The van der Waals surface area contributed by atoms with E-state index in [1.54, 1.807) is 0 Å². The Balaban J connectivity index is 1.72. The van der Waals surface area contributed by atoms with Crippen LogP contribution in [0.5, 0.6) is 0 Å². The molecule has 3 atom stereocenters. The first-order valence-corrected chi connectivity index (χ1v) is 8.20. The fourth-order valence-corrected chi connectivity index (χ4v) is 4.37. The molecule has 0 heteroatoms. The van der Waals surface area contributed by atoms with Gasteiger partial charge in [-0.15, -0.1) is 0 Å². The van der Waals surface area contributed by atoms with E-state index >= 15 is 0 Å². The molecule has 0 nitrogen and oxygen atoms in total. The minimum absolute atomic E-state index is 0.491. The van der Waals surface area contributed by atoms with Gasteiger partial charge in [0.25, 0.3) is 0 Å². The van der Waals surface area contributed by atoms with Crippen molar-refractivity contribution in [3.63, 3.8) is 0 Å². The van der Waals surface area contributed by atoms with Crippen LogP contribution in [0, 0.1) is 22.7 Å². The molecule has 0 spiro atoms. The second-order valence-electron chi connectivity index (χ2n) is 7.54. The molecule has 1 saturated carbocycles. The molecule has 1 fully saturated rings. The first-order chi connectivity index (χ1) is 8.51. The molecule has 3 unspecified atom stereocenters. The Kier molecular flexibility index (Phi) is 4.24. The quantitative estimate of drug-likeness (QED) is 0.384. The standard InChI is InChI=1S/C18H32/c1-5-6-7-8-9-10-11-15-14-18(4)13-12-16(15)17(18,2)3/h12-13,15-16H,5-11,14H2,1-4H3. The van der Waals surface area contributed by atoms with E-state index in [1.165, 1.54) is 51.4 Å². The summed E-state index contributed by atoms with van der Waals surface area (Å²) in [5.41, 5.74) is 1.00. The van der Waals surface area contributed by atoms with Gasteiger partial charge >= 0.3 is 0 Å². The average molecular weight is 248 g/mol. The number of hydrogen-bond donors (Lipinski definition) is 0. The van der Waals surface area contributed by atoms with Gasteiger partial charge in [-0.2, -0.15) is 0 Å². The monoisotopic (exact) mass is 248 g/mol. The minimum Gasteiger partial charge on any atom is -0.0840 e. The highest BCUT2D eigenvalue weighted by molar-refractivity contribution is 5.24. The third-order valence-electron chi connectivity index (χ3n) is 6.10. The van der Waals surface area contributed by atoms with Crippen LogP contribution in [0.25, 0.3) is 0 Å². The third-order valence-corrected chi connectivity index (χ3v) is 6.10. The zero-order valence-electron chi connectivity index (χ0n) is 13.0. The number of rotatable bonds is 7. The van der Waals surface area contributed by atoms with Gasteiger partial charge in [0, 0.05) is 0 Å². The normalized spacial score (nSPS) is 36.4. The van der Waals surface area contributed by atoms with Crippen molar-refractivity contribution >= 4 is 0 Å². The van der Waals surface area contributed by atoms with Crippen molar-refractivity contribution in [2.75, 3.05) is 0 Å². The number of allylic oxidation sites excluding steroid dienone is 2. The van der Waals surface area contributed by atoms with Crippen LogP contribution in [0.1, 0.15) is 79.1 Å². The van der Waals surface area contributed by atoms with Crippen molar-refractivity contribution in [1.29, 1.82) is 0 Å². The van der Waals surface area contributed by atoms with Crippen LogP contribution in [0.2, 0.25) is 0 Å². The SMILES string of the molecule is CCCCCCCCC1CC2(C)C=CC1C2(C)C. The lowest BCUT2D eigenvalue weighted by atomic mass is 9.70. The van der Waals surface area contributed by atoms with Crippen molar-refractivity contribution in [3.05, 3.63) is 12.2 Å². The molecule has 2 rings (SSSR count). The summed E-state index contributed by atoms with van der Waals surface area (Å²) in [5, 5.41) is 0. The van der Waals surface area contributed by atoms with E-state index in [4.69, 9.17) is 0 Å². The Morgan fingerprint density at radius 1 is 1.00 bits per heavy atom. The largest absolute Gasteiger partial charge is 0.0840 e. The lowest BCUT2D eigenvalue weighted by molar-refractivity contribution is 0.178. The Bertz CT molecular complexity index is 299. The van der Waals surface area contributed by atoms with Gasteiger partial charge in [-0.05, 0) is 35.5 Å². The molecule has 0 aromatic heterocycles. The molecule has 18 heavy (non-hydrogen) atoms. The zero-order valence-corrected chi connectivity index (χ0v) is 13.0. The molecule has 104 valence electrons. The van der Waals surface area contributed by atoms with Crippen molar-refractivity contribution in [1.82, 2.24) is 0 Å². The van der Waals surface area contributed by atoms with E-state index in [1.807, 2.05) is 0 Å². The second kappa shape index (κ2) is 5.39. The lowest BCUT2D eigenvalue weighted by Crippen LogP contribution is -2.27. The Morgan fingerprint density at radius 2 is 1.67 bits per heavy atom. The summed E-state index contributed by atoms with van der Waals surface area (Å²) < 4.78 is 0. The van der Waals surface area contributed by atoms with Crippen molar-refractivity contribution < 1.29 is 0 Å². The highest BCUT2D eigenvalue weighted by Gasteiger charge is 2.56. The van der Waals surface area contributed by atoms with Gasteiger partial charge < -0.3 is 0 Å². The van der Waals surface area contributed by atoms with E-state index in [9.17, 15) is 0 Å². The van der Waals surface area contributed by atoms with Crippen LogP contribution in [0.4, 0.5) is 0 Å². The van der Waals surface area contributed by atoms with Crippen LogP contribution in [0.3, 0.4) is 0 Å². The summed E-state index contributed by atoms with van der Waals surface area (Å²) in [5.74, 6) is 1.83. The van der Waals surface area contributed by atoms with Gasteiger partial charge in [0.15, 0.2) is 0 Å². The van der Waals surface area contributed by atoms with Crippen molar-refractivity contribution in [2.45, 2.75) is 79.1 Å².